The van der Waals surface area contributed by atoms with E-state index in [1.165, 1.54) is 0 Å². The van der Waals surface area contributed by atoms with Crippen LogP contribution in [0, 0.1) is 0 Å². The third kappa shape index (κ3) is 5.23. The first-order valence-corrected chi connectivity index (χ1v) is 4.93. The summed E-state index contributed by atoms with van der Waals surface area (Å²) in [6.07, 6.45) is -0.571. The second-order valence-corrected chi connectivity index (χ2v) is 3.43. The Morgan fingerprint density at radius 3 is 2.71 bits per heavy atom. The van der Waals surface area contributed by atoms with Crippen molar-refractivity contribution in [3.8, 4) is 0 Å². The zero-order valence-corrected chi connectivity index (χ0v) is 9.21. The standard InChI is InChI=1S/C9H13F3N4O/c1-16-5-4-13-7(16)2-3-14-8(17)15-6-9(10,11)12/h4-5H,2-3,6H2,1H3,(H2,14,15,17). The number of aromatic nitrogens is 2. The summed E-state index contributed by atoms with van der Waals surface area (Å²) in [6, 6.07) is -0.837. The first-order valence-electron chi connectivity index (χ1n) is 4.93. The Morgan fingerprint density at radius 1 is 1.47 bits per heavy atom. The minimum atomic E-state index is -4.39. The largest absolute Gasteiger partial charge is 0.405 e. The molecule has 0 aliphatic heterocycles. The lowest BCUT2D eigenvalue weighted by Crippen LogP contribution is -2.41. The molecule has 1 aromatic rings. The number of rotatable bonds is 4. The van der Waals surface area contributed by atoms with Crippen LogP contribution in [0.25, 0.3) is 0 Å². The minimum Gasteiger partial charge on any atom is -0.338 e. The molecule has 0 aliphatic rings. The molecule has 0 spiro atoms. The van der Waals surface area contributed by atoms with Gasteiger partial charge in [0.05, 0.1) is 0 Å². The van der Waals surface area contributed by atoms with Gasteiger partial charge in [-0.25, -0.2) is 9.78 Å². The van der Waals surface area contributed by atoms with E-state index < -0.39 is 18.8 Å². The van der Waals surface area contributed by atoms with E-state index in [4.69, 9.17) is 0 Å². The van der Waals surface area contributed by atoms with Gasteiger partial charge in [-0.1, -0.05) is 0 Å². The van der Waals surface area contributed by atoms with Crippen molar-refractivity contribution in [2.24, 2.45) is 7.05 Å². The van der Waals surface area contributed by atoms with Crippen LogP contribution in [0.3, 0.4) is 0 Å². The number of hydrogen-bond acceptors (Lipinski definition) is 2. The molecule has 96 valence electrons. The first kappa shape index (κ1) is 13.3. The second-order valence-electron chi connectivity index (χ2n) is 3.43. The fourth-order valence-electron chi connectivity index (χ4n) is 1.17. The molecule has 0 saturated heterocycles. The molecule has 2 N–H and O–H groups in total. The van der Waals surface area contributed by atoms with Crippen molar-refractivity contribution < 1.29 is 18.0 Å². The molecule has 1 aromatic heterocycles. The molecular weight excluding hydrogens is 237 g/mol. The van der Waals surface area contributed by atoms with Gasteiger partial charge >= 0.3 is 12.2 Å². The molecule has 0 radical (unpaired) electrons. The number of alkyl halides is 3. The molecule has 1 heterocycles. The highest BCUT2D eigenvalue weighted by Gasteiger charge is 2.27. The molecule has 0 fully saturated rings. The number of hydrogen-bond donors (Lipinski definition) is 2. The van der Waals surface area contributed by atoms with Crippen LogP contribution in [0.4, 0.5) is 18.0 Å². The number of nitrogens with one attached hydrogen (secondary N) is 2. The van der Waals surface area contributed by atoms with Crippen molar-refractivity contribution in [1.29, 1.82) is 0 Å². The Morgan fingerprint density at radius 2 is 2.18 bits per heavy atom. The Balaban J connectivity index is 2.19. The second kappa shape index (κ2) is 5.55. The number of amides is 2. The number of carbonyl (C=O) groups excluding carboxylic acids is 1. The Kier molecular flexibility index (Phi) is 4.36. The number of nitrogens with zero attached hydrogens (tertiary/aromatic N) is 2. The van der Waals surface area contributed by atoms with E-state index in [0.717, 1.165) is 5.82 Å². The molecule has 0 aliphatic carbocycles. The van der Waals surface area contributed by atoms with Crippen molar-refractivity contribution >= 4 is 6.03 Å². The van der Waals surface area contributed by atoms with Gasteiger partial charge in [-0.05, 0) is 0 Å². The zero-order valence-electron chi connectivity index (χ0n) is 9.21. The molecule has 17 heavy (non-hydrogen) atoms. The van der Waals surface area contributed by atoms with E-state index in [1.807, 2.05) is 0 Å². The molecule has 2 amide bonds. The summed E-state index contributed by atoms with van der Waals surface area (Å²) in [5, 5.41) is 4.03. The predicted octanol–water partition coefficient (Wildman–Crippen LogP) is 0.824. The van der Waals surface area contributed by atoms with Crippen LogP contribution >= 0.6 is 0 Å². The third-order valence-corrected chi connectivity index (χ3v) is 2.00. The number of halogens is 3. The van der Waals surface area contributed by atoms with Crippen LogP contribution in [0.1, 0.15) is 5.82 Å². The molecule has 0 unspecified atom stereocenters. The summed E-state index contributed by atoms with van der Waals surface area (Å²) >= 11 is 0. The molecule has 0 bridgehead atoms. The fraction of sp³-hybridized carbons (Fsp3) is 0.556. The molecule has 5 nitrogen and oxygen atoms in total. The van der Waals surface area contributed by atoms with Gasteiger partial charge in [0.2, 0.25) is 0 Å². The number of urea groups is 1. The quantitative estimate of drug-likeness (QED) is 0.831. The van der Waals surface area contributed by atoms with E-state index >= 15 is 0 Å². The van der Waals surface area contributed by atoms with Gasteiger partial charge < -0.3 is 15.2 Å². The SMILES string of the molecule is Cn1ccnc1CCNC(=O)NCC(F)(F)F. The van der Waals surface area contributed by atoms with Gasteiger partial charge in [-0.3, -0.25) is 0 Å². The summed E-state index contributed by atoms with van der Waals surface area (Å²) in [5.74, 6) is 0.751. The monoisotopic (exact) mass is 250 g/mol. The van der Waals surface area contributed by atoms with Crippen molar-refractivity contribution in [2.45, 2.75) is 12.6 Å². The van der Waals surface area contributed by atoms with Crippen molar-refractivity contribution in [2.75, 3.05) is 13.1 Å². The van der Waals surface area contributed by atoms with Gasteiger partial charge in [-0.15, -0.1) is 0 Å². The van der Waals surface area contributed by atoms with E-state index in [1.54, 1.807) is 29.3 Å². The summed E-state index contributed by atoms with van der Waals surface area (Å²) in [5.41, 5.74) is 0. The van der Waals surface area contributed by atoms with Gasteiger partial charge in [0, 0.05) is 32.4 Å². The topological polar surface area (TPSA) is 59.0 Å². The first-order chi connectivity index (χ1) is 7.88. The van der Waals surface area contributed by atoms with Crippen LogP contribution in [-0.2, 0) is 13.5 Å². The summed E-state index contributed by atoms with van der Waals surface area (Å²) < 4.78 is 37.0. The van der Waals surface area contributed by atoms with Gasteiger partial charge in [0.15, 0.2) is 0 Å². The highest BCUT2D eigenvalue weighted by Crippen LogP contribution is 2.11. The van der Waals surface area contributed by atoms with Gasteiger partial charge in [-0.2, -0.15) is 13.2 Å². The average Bonchev–Trinajstić information content (AvgIpc) is 2.61. The minimum absolute atomic E-state index is 0.231. The lowest BCUT2D eigenvalue weighted by Gasteiger charge is -2.09. The molecule has 0 atom stereocenters. The zero-order chi connectivity index (χ0) is 12.9. The van der Waals surface area contributed by atoms with E-state index in [2.05, 4.69) is 10.3 Å². The molecule has 8 heteroatoms. The summed E-state index contributed by atoms with van der Waals surface area (Å²) in [6.45, 7) is -1.10. The van der Waals surface area contributed by atoms with Crippen molar-refractivity contribution in [3.05, 3.63) is 18.2 Å². The number of aryl methyl sites for hydroxylation is 1. The molecular formula is C9H13F3N4O. The fourth-order valence-corrected chi connectivity index (χ4v) is 1.17. The van der Waals surface area contributed by atoms with Crippen LogP contribution in [0.5, 0.6) is 0 Å². The number of imidazole rings is 1. The van der Waals surface area contributed by atoms with Crippen LogP contribution in [0.2, 0.25) is 0 Å². The highest BCUT2D eigenvalue weighted by atomic mass is 19.4. The van der Waals surface area contributed by atoms with Crippen molar-refractivity contribution in [1.82, 2.24) is 20.2 Å². The van der Waals surface area contributed by atoms with Crippen LogP contribution in [-0.4, -0.2) is 34.8 Å². The Hall–Kier alpha value is -1.73. The summed E-state index contributed by atoms with van der Waals surface area (Å²) in [4.78, 5) is 15.0. The highest BCUT2D eigenvalue weighted by molar-refractivity contribution is 5.73. The molecule has 1 rings (SSSR count). The van der Waals surface area contributed by atoms with E-state index in [9.17, 15) is 18.0 Å². The molecule has 0 aromatic carbocycles. The lowest BCUT2D eigenvalue weighted by atomic mass is 10.4. The maximum absolute atomic E-state index is 11.8. The average molecular weight is 250 g/mol. The lowest BCUT2D eigenvalue weighted by molar-refractivity contribution is -0.122. The third-order valence-electron chi connectivity index (χ3n) is 2.00. The molecule has 0 saturated carbocycles. The normalized spacial score (nSPS) is 11.3. The Labute approximate surface area is 96.0 Å². The van der Waals surface area contributed by atoms with Crippen molar-refractivity contribution in [3.63, 3.8) is 0 Å². The van der Waals surface area contributed by atoms with Gasteiger partial charge in [0.25, 0.3) is 0 Å². The van der Waals surface area contributed by atoms with E-state index in [-0.39, 0.29) is 6.54 Å². The summed E-state index contributed by atoms with van der Waals surface area (Å²) in [7, 11) is 1.80. The smallest absolute Gasteiger partial charge is 0.338 e. The number of carbonyl (C=O) groups is 1. The maximum Gasteiger partial charge on any atom is 0.405 e. The van der Waals surface area contributed by atoms with Crippen LogP contribution < -0.4 is 10.6 Å². The van der Waals surface area contributed by atoms with E-state index in [0.29, 0.717) is 6.42 Å². The predicted molar refractivity (Wildman–Crippen MR) is 54.4 cm³/mol. The maximum atomic E-state index is 11.8. The van der Waals surface area contributed by atoms with Crippen LogP contribution in [0.15, 0.2) is 12.4 Å². The van der Waals surface area contributed by atoms with Gasteiger partial charge in [0.1, 0.15) is 12.4 Å². The Bertz CT molecular complexity index is 375.